The molecule has 0 heterocycles. The van der Waals surface area contributed by atoms with Crippen LogP contribution in [0.3, 0.4) is 0 Å². The lowest BCUT2D eigenvalue weighted by atomic mass is 9.94. The van der Waals surface area contributed by atoms with Crippen LogP contribution in [-0.4, -0.2) is 11.5 Å². The van der Waals surface area contributed by atoms with E-state index in [0.29, 0.717) is 0 Å². The van der Waals surface area contributed by atoms with E-state index in [1.165, 1.54) is 38.5 Å². The van der Waals surface area contributed by atoms with Crippen molar-refractivity contribution in [3.05, 3.63) is 6.92 Å². The molecule has 1 heteroatoms. The second-order valence-corrected chi connectivity index (χ2v) is 6.68. The highest BCUT2D eigenvalue weighted by Gasteiger charge is 2.05. The molecule has 0 aliphatic carbocycles. The molecular formula is C15H31S. The highest BCUT2D eigenvalue weighted by molar-refractivity contribution is 7.99. The van der Waals surface area contributed by atoms with Crippen molar-refractivity contribution < 1.29 is 0 Å². The van der Waals surface area contributed by atoms with Crippen molar-refractivity contribution >= 4 is 11.8 Å². The van der Waals surface area contributed by atoms with E-state index in [2.05, 4.69) is 34.0 Å². The SMILES string of the molecule is [CH2]CC(C)CCCC(C)CCCC(C)SC. The Hall–Kier alpha value is 0.350. The van der Waals surface area contributed by atoms with Gasteiger partial charge in [-0.3, -0.25) is 0 Å². The normalized spacial score (nSPS) is 17.1. The molecule has 0 bridgehead atoms. The lowest BCUT2D eigenvalue weighted by Gasteiger charge is -2.14. The van der Waals surface area contributed by atoms with Gasteiger partial charge >= 0.3 is 0 Å². The molecule has 0 saturated carbocycles. The van der Waals surface area contributed by atoms with Crippen molar-refractivity contribution in [1.82, 2.24) is 0 Å². The minimum Gasteiger partial charge on any atom is -0.162 e. The van der Waals surface area contributed by atoms with Crippen LogP contribution in [0.2, 0.25) is 0 Å². The lowest BCUT2D eigenvalue weighted by molar-refractivity contribution is 0.414. The minimum atomic E-state index is 0.823. The van der Waals surface area contributed by atoms with E-state index in [4.69, 9.17) is 0 Å². The summed E-state index contributed by atoms with van der Waals surface area (Å²) in [5, 5.41) is 0.846. The molecular weight excluding hydrogens is 212 g/mol. The molecule has 0 aliphatic rings. The number of hydrogen-bond donors (Lipinski definition) is 0. The van der Waals surface area contributed by atoms with E-state index in [1.54, 1.807) is 0 Å². The van der Waals surface area contributed by atoms with Crippen LogP contribution >= 0.6 is 11.8 Å². The van der Waals surface area contributed by atoms with Crippen LogP contribution in [0.15, 0.2) is 0 Å². The lowest BCUT2D eigenvalue weighted by Crippen LogP contribution is -2.00. The Morgan fingerprint density at radius 2 is 1.38 bits per heavy atom. The van der Waals surface area contributed by atoms with Gasteiger partial charge in [-0.15, -0.1) is 0 Å². The summed E-state index contributed by atoms with van der Waals surface area (Å²) in [4.78, 5) is 0. The Kier molecular flexibility index (Phi) is 10.7. The molecule has 0 aromatic rings. The molecule has 0 aromatic carbocycles. The standard InChI is InChI=1S/C15H31S/c1-6-13(2)9-7-10-14(3)11-8-12-15(4)16-5/h13-15H,1,6-12H2,2-5H3. The van der Waals surface area contributed by atoms with Gasteiger partial charge in [-0.05, 0) is 24.5 Å². The van der Waals surface area contributed by atoms with Crippen LogP contribution in [0.1, 0.15) is 65.7 Å². The van der Waals surface area contributed by atoms with Gasteiger partial charge in [0.15, 0.2) is 0 Å². The smallest absolute Gasteiger partial charge is 0.00159 e. The van der Waals surface area contributed by atoms with E-state index < -0.39 is 0 Å². The Morgan fingerprint density at radius 3 is 1.88 bits per heavy atom. The summed E-state index contributed by atoms with van der Waals surface area (Å²) < 4.78 is 0. The maximum absolute atomic E-state index is 3.96. The fourth-order valence-electron chi connectivity index (χ4n) is 1.98. The predicted molar refractivity (Wildman–Crippen MR) is 79.0 cm³/mol. The summed E-state index contributed by atoms with van der Waals surface area (Å²) in [5.74, 6) is 1.75. The molecule has 0 amide bonds. The van der Waals surface area contributed by atoms with Crippen LogP contribution in [0.4, 0.5) is 0 Å². The van der Waals surface area contributed by atoms with Crippen molar-refractivity contribution in [2.24, 2.45) is 11.8 Å². The number of thioether (sulfide) groups is 1. The fraction of sp³-hybridized carbons (Fsp3) is 0.933. The zero-order valence-electron chi connectivity index (χ0n) is 11.8. The third-order valence-electron chi connectivity index (χ3n) is 3.60. The number of rotatable bonds is 10. The van der Waals surface area contributed by atoms with E-state index in [-0.39, 0.29) is 0 Å². The van der Waals surface area contributed by atoms with Crippen molar-refractivity contribution in [2.75, 3.05) is 6.26 Å². The summed E-state index contributed by atoms with van der Waals surface area (Å²) in [6.45, 7) is 11.0. The molecule has 0 aliphatic heterocycles. The summed E-state index contributed by atoms with van der Waals surface area (Å²) in [6.07, 6.45) is 11.7. The van der Waals surface area contributed by atoms with Gasteiger partial charge in [-0.25, -0.2) is 0 Å². The van der Waals surface area contributed by atoms with Gasteiger partial charge in [0.2, 0.25) is 0 Å². The zero-order chi connectivity index (χ0) is 12.4. The summed E-state index contributed by atoms with van der Waals surface area (Å²) in [7, 11) is 0. The minimum absolute atomic E-state index is 0.823. The molecule has 0 rings (SSSR count). The van der Waals surface area contributed by atoms with Crippen LogP contribution in [0, 0.1) is 18.8 Å². The van der Waals surface area contributed by atoms with Crippen LogP contribution < -0.4 is 0 Å². The van der Waals surface area contributed by atoms with Crippen molar-refractivity contribution in [1.29, 1.82) is 0 Å². The molecule has 1 radical (unpaired) electrons. The maximum Gasteiger partial charge on any atom is 0.00159 e. The molecule has 0 spiro atoms. The van der Waals surface area contributed by atoms with E-state index >= 15 is 0 Å². The van der Waals surface area contributed by atoms with E-state index in [9.17, 15) is 0 Å². The van der Waals surface area contributed by atoms with Crippen LogP contribution in [0.25, 0.3) is 0 Å². The van der Waals surface area contributed by atoms with Crippen molar-refractivity contribution in [3.8, 4) is 0 Å². The highest BCUT2D eigenvalue weighted by atomic mass is 32.2. The van der Waals surface area contributed by atoms with Crippen LogP contribution in [0.5, 0.6) is 0 Å². The average Bonchev–Trinajstić information content (AvgIpc) is 2.28. The molecule has 0 N–H and O–H groups in total. The summed E-state index contributed by atoms with van der Waals surface area (Å²) in [5.41, 5.74) is 0. The molecule has 16 heavy (non-hydrogen) atoms. The van der Waals surface area contributed by atoms with E-state index in [1.807, 2.05) is 11.8 Å². The van der Waals surface area contributed by atoms with Gasteiger partial charge in [0.1, 0.15) is 0 Å². The first-order valence-electron chi connectivity index (χ1n) is 6.92. The summed E-state index contributed by atoms with van der Waals surface area (Å²) in [6, 6.07) is 0. The Morgan fingerprint density at radius 1 is 0.875 bits per heavy atom. The summed E-state index contributed by atoms with van der Waals surface area (Å²) >= 11 is 1.99. The largest absolute Gasteiger partial charge is 0.162 e. The van der Waals surface area contributed by atoms with Gasteiger partial charge in [0.25, 0.3) is 0 Å². The molecule has 0 nitrogen and oxygen atoms in total. The highest BCUT2D eigenvalue weighted by Crippen LogP contribution is 2.21. The van der Waals surface area contributed by atoms with E-state index in [0.717, 1.165) is 23.5 Å². The molecule has 0 fully saturated rings. The van der Waals surface area contributed by atoms with Gasteiger partial charge in [0, 0.05) is 5.25 Å². The second kappa shape index (κ2) is 10.5. The Balaban J connectivity index is 3.34. The van der Waals surface area contributed by atoms with Gasteiger partial charge in [-0.1, -0.05) is 66.2 Å². The van der Waals surface area contributed by atoms with Crippen molar-refractivity contribution in [2.45, 2.75) is 71.0 Å². The maximum atomic E-state index is 3.96. The molecule has 3 atom stereocenters. The monoisotopic (exact) mass is 243 g/mol. The first-order valence-corrected chi connectivity index (χ1v) is 8.21. The zero-order valence-corrected chi connectivity index (χ0v) is 12.6. The first-order chi connectivity index (χ1) is 7.60. The third-order valence-corrected chi connectivity index (χ3v) is 4.64. The van der Waals surface area contributed by atoms with Gasteiger partial charge < -0.3 is 0 Å². The van der Waals surface area contributed by atoms with Crippen LogP contribution in [-0.2, 0) is 0 Å². The molecule has 0 aromatic heterocycles. The third kappa shape index (κ3) is 9.57. The molecule has 97 valence electrons. The topological polar surface area (TPSA) is 0 Å². The number of hydrogen-bond acceptors (Lipinski definition) is 1. The fourth-order valence-corrected chi connectivity index (χ4v) is 2.38. The van der Waals surface area contributed by atoms with Crippen molar-refractivity contribution in [3.63, 3.8) is 0 Å². The second-order valence-electron chi connectivity index (χ2n) is 5.41. The predicted octanol–water partition coefficient (Wildman–Crippen LogP) is 5.57. The quantitative estimate of drug-likeness (QED) is 0.483. The molecule has 0 saturated heterocycles. The average molecular weight is 243 g/mol. The molecule has 3 unspecified atom stereocenters. The Labute approximate surface area is 108 Å². The van der Waals surface area contributed by atoms with Gasteiger partial charge in [0.05, 0.1) is 0 Å². The Bertz CT molecular complexity index is 128. The first kappa shape index (κ1) is 16.4. The van der Waals surface area contributed by atoms with Gasteiger partial charge in [-0.2, -0.15) is 11.8 Å².